The maximum Gasteiger partial charge on any atom is 0.293 e. The van der Waals surface area contributed by atoms with E-state index in [1.807, 2.05) is 0 Å². The Morgan fingerprint density at radius 2 is 1.86 bits per heavy atom. The van der Waals surface area contributed by atoms with E-state index >= 15 is 0 Å². The van der Waals surface area contributed by atoms with Gasteiger partial charge in [-0.25, -0.2) is 8.42 Å². The second-order valence-corrected chi connectivity index (χ2v) is 8.49. The van der Waals surface area contributed by atoms with Gasteiger partial charge in [-0.15, -0.1) is 0 Å². The summed E-state index contributed by atoms with van der Waals surface area (Å²) in [6.07, 6.45) is 0. The molecule has 0 amide bonds. The van der Waals surface area contributed by atoms with Crippen LogP contribution in [0.3, 0.4) is 0 Å². The van der Waals surface area contributed by atoms with E-state index in [0.717, 1.165) is 19.2 Å². The second-order valence-electron chi connectivity index (χ2n) is 6.40. The molecule has 9 nitrogen and oxygen atoms in total. The van der Waals surface area contributed by atoms with Crippen LogP contribution in [-0.2, 0) is 14.8 Å². The molecule has 3 rings (SSSR count). The van der Waals surface area contributed by atoms with Crippen molar-refractivity contribution in [2.45, 2.75) is 4.90 Å². The molecule has 1 heterocycles. The van der Waals surface area contributed by atoms with Crippen LogP contribution >= 0.6 is 11.6 Å². The smallest absolute Gasteiger partial charge is 0.293 e. The maximum atomic E-state index is 12.6. The molecule has 0 aromatic heterocycles. The van der Waals surface area contributed by atoms with Crippen LogP contribution in [0.25, 0.3) is 0 Å². The largest absolute Gasteiger partial charge is 0.379 e. The van der Waals surface area contributed by atoms with Crippen LogP contribution in [0.15, 0.2) is 47.4 Å². The van der Waals surface area contributed by atoms with Gasteiger partial charge in [0.25, 0.3) is 15.7 Å². The molecule has 0 radical (unpaired) electrons. The number of nitro benzene ring substituents is 1. The molecule has 0 aliphatic carbocycles. The van der Waals surface area contributed by atoms with Crippen LogP contribution in [-0.4, -0.2) is 57.6 Å². The van der Waals surface area contributed by atoms with Crippen molar-refractivity contribution in [1.29, 1.82) is 0 Å². The number of anilines is 2. The molecule has 2 aromatic rings. The van der Waals surface area contributed by atoms with Crippen molar-refractivity contribution in [1.82, 2.24) is 4.90 Å². The first-order valence-electron chi connectivity index (χ1n) is 8.96. The number of para-hydroxylation sites is 1. The maximum absolute atomic E-state index is 12.6. The molecular formula is C18H21ClN4O5S. The molecule has 1 aliphatic heterocycles. The Hall–Kier alpha value is -2.40. The highest BCUT2D eigenvalue weighted by atomic mass is 35.5. The number of hydrogen-bond donors (Lipinski definition) is 2. The fraction of sp³-hybridized carbons (Fsp3) is 0.333. The lowest BCUT2D eigenvalue weighted by molar-refractivity contribution is -0.384. The predicted molar refractivity (Wildman–Crippen MR) is 111 cm³/mol. The van der Waals surface area contributed by atoms with Crippen LogP contribution < -0.4 is 10.0 Å². The molecule has 1 saturated heterocycles. The van der Waals surface area contributed by atoms with Gasteiger partial charge >= 0.3 is 0 Å². The van der Waals surface area contributed by atoms with Crippen molar-refractivity contribution in [2.24, 2.45) is 0 Å². The standard InChI is InChI=1S/C18H21ClN4O5S/c19-15-3-1-2-4-16(15)21-29(26,27)14-5-6-17(18(13-14)23(24)25)20-7-8-22-9-11-28-12-10-22/h1-6,13,20-21H,7-12H2. The molecule has 1 aliphatic rings. The highest BCUT2D eigenvalue weighted by molar-refractivity contribution is 7.92. The average Bonchev–Trinajstić information content (AvgIpc) is 2.70. The molecule has 0 spiro atoms. The molecule has 156 valence electrons. The molecule has 0 atom stereocenters. The number of rotatable bonds is 8. The van der Waals surface area contributed by atoms with Crippen LogP contribution in [0, 0.1) is 10.1 Å². The zero-order chi connectivity index (χ0) is 20.9. The summed E-state index contributed by atoms with van der Waals surface area (Å²) in [7, 11) is -4.04. The number of nitrogens with one attached hydrogen (secondary N) is 2. The first kappa shape index (κ1) is 21.3. The van der Waals surface area contributed by atoms with E-state index in [-0.39, 0.29) is 27.0 Å². The number of nitro groups is 1. The molecule has 2 aromatic carbocycles. The minimum absolute atomic E-state index is 0.199. The van der Waals surface area contributed by atoms with E-state index in [1.165, 1.54) is 18.2 Å². The van der Waals surface area contributed by atoms with E-state index < -0.39 is 14.9 Å². The van der Waals surface area contributed by atoms with Crippen LogP contribution in [0.2, 0.25) is 5.02 Å². The second kappa shape index (κ2) is 9.40. The summed E-state index contributed by atoms with van der Waals surface area (Å²) in [5.74, 6) is 0. The molecular weight excluding hydrogens is 420 g/mol. The van der Waals surface area contributed by atoms with Crippen LogP contribution in [0.4, 0.5) is 17.1 Å². The highest BCUT2D eigenvalue weighted by Gasteiger charge is 2.22. The molecule has 0 saturated carbocycles. The summed E-state index contributed by atoms with van der Waals surface area (Å²) in [4.78, 5) is 12.8. The Balaban J connectivity index is 1.74. The van der Waals surface area contributed by atoms with Gasteiger partial charge in [-0.05, 0) is 24.3 Å². The normalized spacial score (nSPS) is 15.1. The lowest BCUT2D eigenvalue weighted by Gasteiger charge is -2.26. The van der Waals surface area contributed by atoms with Crippen molar-refractivity contribution in [2.75, 3.05) is 49.4 Å². The number of halogens is 1. The third-order valence-corrected chi connectivity index (χ3v) is 6.13. The highest BCUT2D eigenvalue weighted by Crippen LogP contribution is 2.29. The summed E-state index contributed by atoms with van der Waals surface area (Å²) >= 11 is 5.99. The molecule has 2 N–H and O–H groups in total. The van der Waals surface area contributed by atoms with E-state index in [9.17, 15) is 18.5 Å². The van der Waals surface area contributed by atoms with Gasteiger partial charge in [0, 0.05) is 32.2 Å². The van der Waals surface area contributed by atoms with Gasteiger partial charge in [0.2, 0.25) is 0 Å². The third kappa shape index (κ3) is 5.57. The SMILES string of the molecule is O=[N+]([O-])c1cc(S(=O)(=O)Nc2ccccc2Cl)ccc1NCCN1CCOCC1. The van der Waals surface area contributed by atoms with Gasteiger partial charge < -0.3 is 10.1 Å². The predicted octanol–water partition coefficient (Wildman–Crippen LogP) is 2.79. The fourth-order valence-corrected chi connectivity index (χ4v) is 4.24. The minimum Gasteiger partial charge on any atom is -0.379 e. The monoisotopic (exact) mass is 440 g/mol. The Bertz CT molecular complexity index is 980. The third-order valence-electron chi connectivity index (χ3n) is 4.44. The average molecular weight is 441 g/mol. The molecule has 0 bridgehead atoms. The molecule has 0 unspecified atom stereocenters. The van der Waals surface area contributed by atoms with Gasteiger partial charge in [-0.3, -0.25) is 19.7 Å². The quantitative estimate of drug-likeness (QED) is 0.479. The minimum atomic E-state index is -4.04. The van der Waals surface area contributed by atoms with Gasteiger partial charge in [0.15, 0.2) is 0 Å². The molecule has 11 heteroatoms. The van der Waals surface area contributed by atoms with Gasteiger partial charge in [-0.1, -0.05) is 23.7 Å². The number of morpholine rings is 1. The number of hydrogen-bond acceptors (Lipinski definition) is 7. The Labute approximate surface area is 173 Å². The van der Waals surface area contributed by atoms with Gasteiger partial charge in [-0.2, -0.15) is 0 Å². The Kier molecular flexibility index (Phi) is 6.91. The summed E-state index contributed by atoms with van der Waals surface area (Å²) in [5, 5.41) is 14.7. The Morgan fingerprint density at radius 3 is 2.55 bits per heavy atom. The lowest BCUT2D eigenvalue weighted by atomic mass is 10.2. The van der Waals surface area contributed by atoms with Gasteiger partial charge in [0.1, 0.15) is 5.69 Å². The summed E-state index contributed by atoms with van der Waals surface area (Å²) in [5.41, 5.74) is 0.151. The first-order chi connectivity index (χ1) is 13.9. The topological polar surface area (TPSA) is 114 Å². The van der Waals surface area contributed by atoms with E-state index in [1.54, 1.807) is 18.2 Å². The number of ether oxygens (including phenoxy) is 1. The van der Waals surface area contributed by atoms with Crippen molar-refractivity contribution < 1.29 is 18.1 Å². The Morgan fingerprint density at radius 1 is 1.14 bits per heavy atom. The zero-order valence-corrected chi connectivity index (χ0v) is 17.1. The van der Waals surface area contributed by atoms with E-state index in [0.29, 0.717) is 26.3 Å². The number of sulfonamides is 1. The van der Waals surface area contributed by atoms with Gasteiger partial charge in [0.05, 0.1) is 33.7 Å². The lowest BCUT2D eigenvalue weighted by Crippen LogP contribution is -2.39. The van der Waals surface area contributed by atoms with Crippen molar-refractivity contribution in [3.63, 3.8) is 0 Å². The van der Waals surface area contributed by atoms with Crippen molar-refractivity contribution in [3.05, 3.63) is 57.6 Å². The molecule has 1 fully saturated rings. The molecule has 29 heavy (non-hydrogen) atoms. The zero-order valence-electron chi connectivity index (χ0n) is 15.5. The summed E-state index contributed by atoms with van der Waals surface area (Å²) in [6, 6.07) is 10.1. The number of nitrogens with zero attached hydrogens (tertiary/aromatic N) is 2. The summed E-state index contributed by atoms with van der Waals surface area (Å²) < 4.78 is 32.9. The van der Waals surface area contributed by atoms with E-state index in [2.05, 4.69) is 14.9 Å². The summed E-state index contributed by atoms with van der Waals surface area (Å²) in [6.45, 7) is 4.17. The van der Waals surface area contributed by atoms with Crippen molar-refractivity contribution in [3.8, 4) is 0 Å². The van der Waals surface area contributed by atoms with Crippen LogP contribution in [0.1, 0.15) is 0 Å². The fourth-order valence-electron chi connectivity index (χ4n) is 2.90. The van der Waals surface area contributed by atoms with Crippen molar-refractivity contribution >= 4 is 38.7 Å². The first-order valence-corrected chi connectivity index (χ1v) is 10.8. The van der Waals surface area contributed by atoms with E-state index in [4.69, 9.17) is 16.3 Å². The number of benzene rings is 2. The van der Waals surface area contributed by atoms with Crippen LogP contribution in [0.5, 0.6) is 0 Å².